The number of carbonyl (C=O) groups is 1. The fourth-order valence-corrected chi connectivity index (χ4v) is 4.32. The number of H-pyrrole nitrogens is 1. The van der Waals surface area contributed by atoms with E-state index in [4.69, 9.17) is 17.3 Å². The van der Waals surface area contributed by atoms with Gasteiger partial charge in [-0.3, -0.25) is 4.79 Å². The number of aromatic amines is 1. The molecule has 0 amide bonds. The highest BCUT2D eigenvalue weighted by Gasteiger charge is 2.22. The minimum Gasteiger partial charge on any atom is -0.397 e. The van der Waals surface area contributed by atoms with E-state index in [1.54, 1.807) is 17.3 Å². The number of carbonyl (C=O) groups excluding carboxylic acids is 1. The highest BCUT2D eigenvalue weighted by molar-refractivity contribution is 6.07. The van der Waals surface area contributed by atoms with Crippen LogP contribution in [0.25, 0.3) is 16.6 Å². The van der Waals surface area contributed by atoms with Crippen LogP contribution in [0.2, 0.25) is 0 Å². The Morgan fingerprint density at radius 3 is 2.71 bits per heavy atom. The number of likely N-dealkylation sites (tertiary alicyclic amines) is 1. The molecule has 0 radical (unpaired) electrons. The van der Waals surface area contributed by atoms with E-state index in [1.165, 1.54) is 12.1 Å². The van der Waals surface area contributed by atoms with E-state index < -0.39 is 0 Å². The number of halogens is 1. The molecule has 0 spiro atoms. The van der Waals surface area contributed by atoms with Gasteiger partial charge in [-0.25, -0.2) is 10.2 Å². The number of nitrogens with two attached hydrogens (primary N) is 3. The predicted octanol–water partition coefficient (Wildman–Crippen LogP) is 2.64. The lowest BCUT2D eigenvalue weighted by Gasteiger charge is -2.33. The Balaban J connectivity index is 1.81. The first kappa shape index (κ1) is 23.2. The summed E-state index contributed by atoms with van der Waals surface area (Å²) >= 11 is 0. The molecule has 3 rings (SSSR count). The van der Waals surface area contributed by atoms with Crippen LogP contribution in [-0.4, -0.2) is 53.4 Å². The van der Waals surface area contributed by atoms with Crippen molar-refractivity contribution in [2.24, 2.45) is 29.1 Å². The lowest BCUT2D eigenvalue weighted by molar-refractivity contribution is 0.0963. The van der Waals surface area contributed by atoms with Gasteiger partial charge in [0.05, 0.1) is 11.4 Å². The summed E-state index contributed by atoms with van der Waals surface area (Å²) in [5, 5.41) is 2.18. The summed E-state index contributed by atoms with van der Waals surface area (Å²) < 4.78 is 14.0. The minimum absolute atomic E-state index is 0.0474. The van der Waals surface area contributed by atoms with Crippen molar-refractivity contribution in [3.05, 3.63) is 41.5 Å². The standard InChI is InChI=1S/C23H35FN6O/c1-15(2)11-21(31)23-22(18-12-17(24)3-4-20(18)28-23)19(26)14-30(27)13-16-5-8-29(9-6-16)10-7-25/h3-4,12,14-16,28H,5-11,13,25-27H2,1-2H3/b19-14-. The van der Waals surface area contributed by atoms with Gasteiger partial charge < -0.3 is 26.4 Å². The van der Waals surface area contributed by atoms with Gasteiger partial charge in [-0.15, -0.1) is 0 Å². The predicted molar refractivity (Wildman–Crippen MR) is 123 cm³/mol. The van der Waals surface area contributed by atoms with Crippen molar-refractivity contribution in [3.63, 3.8) is 0 Å². The van der Waals surface area contributed by atoms with E-state index in [0.717, 1.165) is 32.5 Å². The van der Waals surface area contributed by atoms with E-state index in [9.17, 15) is 9.18 Å². The van der Waals surface area contributed by atoms with E-state index in [1.807, 2.05) is 13.8 Å². The summed E-state index contributed by atoms with van der Waals surface area (Å²) in [7, 11) is 0. The van der Waals surface area contributed by atoms with Crippen LogP contribution in [0.5, 0.6) is 0 Å². The molecule has 7 nitrogen and oxygen atoms in total. The molecule has 0 aliphatic carbocycles. The fourth-order valence-electron chi connectivity index (χ4n) is 4.32. The molecule has 1 aliphatic rings. The fraction of sp³-hybridized carbons (Fsp3) is 0.522. The molecule has 1 aromatic heterocycles. The molecule has 0 unspecified atom stereocenters. The maximum atomic E-state index is 14.0. The van der Waals surface area contributed by atoms with Gasteiger partial charge in [0.2, 0.25) is 0 Å². The Morgan fingerprint density at radius 1 is 1.35 bits per heavy atom. The highest BCUT2D eigenvalue weighted by atomic mass is 19.1. The number of Topliss-reactive ketones (excluding diaryl/α,β-unsaturated/α-hetero) is 1. The molecule has 1 saturated heterocycles. The second kappa shape index (κ2) is 10.3. The number of aromatic nitrogens is 1. The first-order valence-corrected chi connectivity index (χ1v) is 11.0. The summed E-state index contributed by atoms with van der Waals surface area (Å²) in [5.74, 6) is 6.50. The van der Waals surface area contributed by atoms with Crippen molar-refractivity contribution in [2.45, 2.75) is 33.1 Å². The number of hydrogen-bond donors (Lipinski definition) is 4. The average Bonchev–Trinajstić information content (AvgIpc) is 3.08. The van der Waals surface area contributed by atoms with E-state index in [0.29, 0.717) is 53.3 Å². The Bertz CT molecular complexity index is 930. The van der Waals surface area contributed by atoms with E-state index in [2.05, 4.69) is 9.88 Å². The molecule has 0 saturated carbocycles. The van der Waals surface area contributed by atoms with Crippen molar-refractivity contribution < 1.29 is 9.18 Å². The summed E-state index contributed by atoms with van der Waals surface area (Å²) in [6.07, 6.45) is 4.14. The van der Waals surface area contributed by atoms with Gasteiger partial charge in [0.15, 0.2) is 5.78 Å². The number of nitrogens with zero attached hydrogens (tertiary/aromatic N) is 2. The van der Waals surface area contributed by atoms with Gasteiger partial charge in [0.1, 0.15) is 5.82 Å². The van der Waals surface area contributed by atoms with Gasteiger partial charge >= 0.3 is 0 Å². The molecule has 2 heterocycles. The SMILES string of the molecule is CC(C)CC(=O)c1[nH]c2ccc(F)cc2c1/C(N)=C/N(N)CC1CCN(CCN)CC1. The zero-order valence-corrected chi connectivity index (χ0v) is 18.5. The monoisotopic (exact) mass is 430 g/mol. The first-order valence-electron chi connectivity index (χ1n) is 11.0. The number of hydrogen-bond acceptors (Lipinski definition) is 6. The van der Waals surface area contributed by atoms with Crippen molar-refractivity contribution in [2.75, 3.05) is 32.7 Å². The highest BCUT2D eigenvalue weighted by Crippen LogP contribution is 2.29. The molecular weight excluding hydrogens is 395 g/mol. The quantitative estimate of drug-likeness (QED) is 0.276. The van der Waals surface area contributed by atoms with Crippen LogP contribution in [0.15, 0.2) is 24.4 Å². The zero-order chi connectivity index (χ0) is 22.5. The molecule has 8 heteroatoms. The Morgan fingerprint density at radius 2 is 2.06 bits per heavy atom. The maximum Gasteiger partial charge on any atom is 0.179 e. The van der Waals surface area contributed by atoms with Gasteiger partial charge in [-0.2, -0.15) is 0 Å². The van der Waals surface area contributed by atoms with Crippen LogP contribution < -0.4 is 17.3 Å². The normalized spacial score (nSPS) is 16.4. The number of ketones is 1. The molecule has 2 aromatic rings. The lowest BCUT2D eigenvalue weighted by Crippen LogP contribution is -2.41. The molecule has 0 atom stereocenters. The summed E-state index contributed by atoms with van der Waals surface area (Å²) in [6.45, 7) is 8.28. The van der Waals surface area contributed by atoms with Gasteiger partial charge in [0, 0.05) is 48.7 Å². The second-order valence-corrected chi connectivity index (χ2v) is 8.94. The van der Waals surface area contributed by atoms with Crippen molar-refractivity contribution in [1.29, 1.82) is 0 Å². The number of nitrogens with one attached hydrogen (secondary N) is 1. The minimum atomic E-state index is -0.378. The molecule has 31 heavy (non-hydrogen) atoms. The van der Waals surface area contributed by atoms with Crippen molar-refractivity contribution in [1.82, 2.24) is 14.9 Å². The number of rotatable bonds is 9. The molecule has 1 aliphatic heterocycles. The Kier molecular flexibility index (Phi) is 7.69. The molecule has 170 valence electrons. The molecule has 1 fully saturated rings. The summed E-state index contributed by atoms with van der Waals surface area (Å²) in [6, 6.07) is 4.40. The van der Waals surface area contributed by atoms with Crippen molar-refractivity contribution in [3.8, 4) is 0 Å². The third-order valence-electron chi connectivity index (χ3n) is 5.85. The van der Waals surface area contributed by atoms with Gasteiger partial charge in [-0.05, 0) is 56.0 Å². The van der Waals surface area contributed by atoms with Crippen LogP contribution >= 0.6 is 0 Å². The summed E-state index contributed by atoms with van der Waals surface area (Å²) in [5.41, 5.74) is 14.0. The number of hydrazine groups is 1. The number of fused-ring (bicyclic) bond motifs is 1. The smallest absolute Gasteiger partial charge is 0.179 e. The Labute approximate surface area is 183 Å². The third kappa shape index (κ3) is 5.84. The van der Waals surface area contributed by atoms with E-state index in [-0.39, 0.29) is 17.5 Å². The van der Waals surface area contributed by atoms with Crippen LogP contribution in [0.4, 0.5) is 4.39 Å². The van der Waals surface area contributed by atoms with Crippen LogP contribution in [0.3, 0.4) is 0 Å². The molecule has 1 aromatic carbocycles. The summed E-state index contributed by atoms with van der Waals surface area (Å²) in [4.78, 5) is 18.4. The molecular formula is C23H35FN6O. The van der Waals surface area contributed by atoms with Crippen molar-refractivity contribution >= 4 is 22.4 Å². The third-order valence-corrected chi connectivity index (χ3v) is 5.85. The van der Waals surface area contributed by atoms with Gasteiger partial charge in [0.25, 0.3) is 0 Å². The van der Waals surface area contributed by atoms with Crippen LogP contribution in [-0.2, 0) is 0 Å². The zero-order valence-electron chi connectivity index (χ0n) is 18.5. The Hall–Kier alpha value is -2.42. The largest absolute Gasteiger partial charge is 0.397 e. The molecule has 7 N–H and O–H groups in total. The van der Waals surface area contributed by atoms with Crippen LogP contribution in [0.1, 0.15) is 49.2 Å². The lowest BCUT2D eigenvalue weighted by atomic mass is 9.96. The maximum absolute atomic E-state index is 14.0. The number of benzene rings is 1. The van der Waals surface area contributed by atoms with E-state index >= 15 is 0 Å². The van der Waals surface area contributed by atoms with Gasteiger partial charge in [-0.1, -0.05) is 13.8 Å². The first-order chi connectivity index (χ1) is 14.8. The number of piperidine rings is 1. The van der Waals surface area contributed by atoms with Crippen LogP contribution in [0, 0.1) is 17.7 Å². The topological polar surface area (TPSA) is 117 Å². The average molecular weight is 431 g/mol. The molecule has 0 bridgehead atoms. The second-order valence-electron chi connectivity index (χ2n) is 8.94.